The first-order valence-corrected chi connectivity index (χ1v) is 13.7. The summed E-state index contributed by atoms with van der Waals surface area (Å²) in [7, 11) is 0. The minimum atomic E-state index is 0.257. The molecule has 192 valence electrons. The number of fused-ring (bicyclic) bond motifs is 4. The molecule has 4 aromatic carbocycles. The minimum absolute atomic E-state index is 0.257. The molecule has 6 heteroatoms. The van der Waals surface area contributed by atoms with Crippen molar-refractivity contribution in [3.8, 4) is 22.9 Å². The van der Waals surface area contributed by atoms with Crippen molar-refractivity contribution in [3.63, 3.8) is 0 Å². The Balaban J connectivity index is 1.33. The van der Waals surface area contributed by atoms with Gasteiger partial charge in [-0.3, -0.25) is 0 Å². The molecule has 2 aliphatic heterocycles. The van der Waals surface area contributed by atoms with Crippen LogP contribution in [0.1, 0.15) is 29.8 Å². The molecular weight excluding hydrogens is 482 g/mol. The van der Waals surface area contributed by atoms with E-state index in [2.05, 4.69) is 40.6 Å². The van der Waals surface area contributed by atoms with Crippen LogP contribution in [-0.2, 0) is 12.8 Å². The van der Waals surface area contributed by atoms with E-state index in [1.807, 2.05) is 54.6 Å². The van der Waals surface area contributed by atoms with Crippen LogP contribution in [0.3, 0.4) is 0 Å². The molecule has 0 unspecified atom stereocenters. The molecule has 7 rings (SSSR count). The monoisotopic (exact) mass is 511 g/mol. The second-order valence-electron chi connectivity index (χ2n) is 10.7. The Morgan fingerprint density at radius 3 is 2.46 bits per heavy atom. The lowest BCUT2D eigenvalue weighted by Gasteiger charge is -2.37. The average Bonchev–Trinajstić information content (AvgIpc) is 3.22. The lowest BCUT2D eigenvalue weighted by atomic mass is 9.96. The van der Waals surface area contributed by atoms with Crippen molar-refractivity contribution < 1.29 is 5.11 Å². The van der Waals surface area contributed by atoms with Gasteiger partial charge >= 0.3 is 0 Å². The minimum Gasteiger partial charge on any atom is -0.508 e. The summed E-state index contributed by atoms with van der Waals surface area (Å²) in [5.41, 5.74) is 4.79. The van der Waals surface area contributed by atoms with Gasteiger partial charge in [-0.15, -0.1) is 0 Å². The first-order valence-electron chi connectivity index (χ1n) is 13.7. The molecule has 2 atom stereocenters. The van der Waals surface area contributed by atoms with Crippen LogP contribution in [0.4, 0.5) is 5.82 Å². The molecule has 0 saturated carbocycles. The van der Waals surface area contributed by atoms with Crippen molar-refractivity contribution in [1.82, 2.24) is 15.3 Å². The van der Waals surface area contributed by atoms with Crippen molar-refractivity contribution >= 4 is 27.5 Å². The van der Waals surface area contributed by atoms with Crippen LogP contribution in [0.2, 0.25) is 0 Å². The van der Waals surface area contributed by atoms with Gasteiger partial charge in [0.2, 0.25) is 0 Å². The van der Waals surface area contributed by atoms with Crippen LogP contribution in [0, 0.1) is 11.3 Å². The predicted molar refractivity (Wildman–Crippen MR) is 155 cm³/mol. The molecule has 0 aliphatic carbocycles. The topological polar surface area (TPSA) is 85.1 Å². The summed E-state index contributed by atoms with van der Waals surface area (Å²) < 4.78 is 0. The number of hydrogen-bond acceptors (Lipinski definition) is 6. The van der Waals surface area contributed by atoms with E-state index < -0.39 is 0 Å². The molecule has 39 heavy (non-hydrogen) atoms. The molecule has 2 saturated heterocycles. The van der Waals surface area contributed by atoms with E-state index in [0.717, 1.165) is 70.4 Å². The van der Waals surface area contributed by atoms with E-state index in [1.165, 1.54) is 18.4 Å². The molecule has 0 spiro atoms. The maximum Gasteiger partial charge on any atom is 0.140 e. The van der Waals surface area contributed by atoms with Gasteiger partial charge in [0.05, 0.1) is 17.1 Å². The van der Waals surface area contributed by atoms with Crippen molar-refractivity contribution in [2.75, 3.05) is 18.0 Å². The fourth-order valence-electron chi connectivity index (χ4n) is 6.30. The first kappa shape index (κ1) is 23.6. The Morgan fingerprint density at radius 2 is 1.67 bits per heavy atom. The number of aryl methyl sites for hydroxylation is 2. The van der Waals surface area contributed by atoms with Gasteiger partial charge < -0.3 is 15.3 Å². The second kappa shape index (κ2) is 9.68. The van der Waals surface area contributed by atoms with Crippen LogP contribution in [0.5, 0.6) is 5.75 Å². The number of phenolic OH excluding ortho intramolecular Hbond substituents is 1. The van der Waals surface area contributed by atoms with Crippen LogP contribution in [0.15, 0.2) is 78.9 Å². The molecule has 2 N–H and O–H groups in total. The largest absolute Gasteiger partial charge is 0.508 e. The van der Waals surface area contributed by atoms with Crippen LogP contribution in [0.25, 0.3) is 32.8 Å². The molecular formula is C33H29N5O. The third-order valence-corrected chi connectivity index (χ3v) is 8.23. The number of nitriles is 1. The number of nitrogens with one attached hydrogen (secondary N) is 1. The standard InChI is InChI=1S/C33H29N5O/c34-18-22-7-5-21(6-8-22)9-14-32-36-31-16-24(30-17-27(39)15-23-3-1-2-4-28(23)30)10-13-29(31)33(37-32)38-25-11-12-26(38)20-35-19-25/h1-8,10,13,15-17,25-26,35,39H,9,11-12,14,19-20H2/t25-,26+. The summed E-state index contributed by atoms with van der Waals surface area (Å²) >= 11 is 0. The Kier molecular flexibility index (Phi) is 5.87. The highest BCUT2D eigenvalue weighted by molar-refractivity contribution is 6.01. The zero-order valence-corrected chi connectivity index (χ0v) is 21.6. The third-order valence-electron chi connectivity index (χ3n) is 8.23. The Bertz CT molecular complexity index is 1720. The summed E-state index contributed by atoms with van der Waals surface area (Å²) in [6, 6.07) is 29.1. The molecule has 5 aromatic rings. The average molecular weight is 512 g/mol. The predicted octanol–water partition coefficient (Wildman–Crippen LogP) is 5.75. The van der Waals surface area contributed by atoms with Crippen LogP contribution < -0.4 is 10.2 Å². The van der Waals surface area contributed by atoms with Crippen molar-refractivity contribution in [3.05, 3.63) is 95.8 Å². The van der Waals surface area contributed by atoms with Crippen LogP contribution in [-0.4, -0.2) is 40.2 Å². The van der Waals surface area contributed by atoms with Gasteiger partial charge in [-0.05, 0) is 83.1 Å². The van der Waals surface area contributed by atoms with E-state index in [0.29, 0.717) is 17.6 Å². The lowest BCUT2D eigenvalue weighted by molar-refractivity contribution is 0.476. The molecule has 2 bridgehead atoms. The summed E-state index contributed by atoms with van der Waals surface area (Å²) in [6.45, 7) is 1.96. The van der Waals surface area contributed by atoms with Crippen LogP contribution >= 0.6 is 0 Å². The zero-order chi connectivity index (χ0) is 26.3. The fraction of sp³-hybridized carbons (Fsp3) is 0.242. The number of phenols is 1. The van der Waals surface area contributed by atoms with Crippen molar-refractivity contribution in [2.24, 2.45) is 0 Å². The van der Waals surface area contributed by atoms with Gasteiger partial charge in [0.1, 0.15) is 17.4 Å². The number of anilines is 1. The molecule has 3 heterocycles. The number of aromatic hydroxyl groups is 1. The third kappa shape index (κ3) is 4.35. The lowest BCUT2D eigenvalue weighted by Crippen LogP contribution is -2.52. The second-order valence-corrected chi connectivity index (χ2v) is 10.7. The van der Waals surface area contributed by atoms with E-state index in [-0.39, 0.29) is 5.75 Å². The molecule has 0 radical (unpaired) electrons. The molecule has 1 aromatic heterocycles. The van der Waals surface area contributed by atoms with Gasteiger partial charge in [-0.2, -0.15) is 5.26 Å². The number of benzene rings is 4. The van der Waals surface area contributed by atoms with Gasteiger partial charge in [-0.1, -0.05) is 42.5 Å². The number of rotatable bonds is 5. The SMILES string of the molecule is N#Cc1ccc(CCc2nc(N3[C@@H]4CC[C@H]3CNC4)c3ccc(-c4cc(O)cc5ccccc45)cc3n2)cc1. The van der Waals surface area contributed by atoms with Gasteiger partial charge in [-0.25, -0.2) is 9.97 Å². The maximum atomic E-state index is 10.5. The highest BCUT2D eigenvalue weighted by Gasteiger charge is 2.38. The number of nitrogens with zero attached hydrogens (tertiary/aromatic N) is 4. The highest BCUT2D eigenvalue weighted by Crippen LogP contribution is 2.38. The fourth-order valence-corrected chi connectivity index (χ4v) is 6.30. The maximum absolute atomic E-state index is 10.5. The van der Waals surface area contributed by atoms with E-state index in [1.54, 1.807) is 0 Å². The molecule has 0 amide bonds. The zero-order valence-electron chi connectivity index (χ0n) is 21.6. The highest BCUT2D eigenvalue weighted by atomic mass is 16.3. The summed E-state index contributed by atoms with van der Waals surface area (Å²) in [6.07, 6.45) is 3.88. The molecule has 6 nitrogen and oxygen atoms in total. The number of aromatic nitrogens is 2. The number of piperazine rings is 1. The van der Waals surface area contributed by atoms with Gasteiger partial charge in [0, 0.05) is 37.0 Å². The normalized spacial score (nSPS) is 18.5. The van der Waals surface area contributed by atoms with E-state index in [9.17, 15) is 5.11 Å². The molecule has 2 aliphatic rings. The van der Waals surface area contributed by atoms with Gasteiger partial charge in [0.15, 0.2) is 0 Å². The van der Waals surface area contributed by atoms with E-state index >= 15 is 0 Å². The summed E-state index contributed by atoms with van der Waals surface area (Å²) in [4.78, 5) is 12.8. The van der Waals surface area contributed by atoms with Crippen molar-refractivity contribution in [1.29, 1.82) is 5.26 Å². The smallest absolute Gasteiger partial charge is 0.140 e. The quantitative estimate of drug-likeness (QED) is 0.312. The molecule has 2 fully saturated rings. The Morgan fingerprint density at radius 1 is 0.872 bits per heavy atom. The summed E-state index contributed by atoms with van der Waals surface area (Å²) in [5.74, 6) is 2.13. The Hall–Kier alpha value is -4.47. The summed E-state index contributed by atoms with van der Waals surface area (Å²) in [5, 5.41) is 26.4. The Labute approximate surface area is 227 Å². The van der Waals surface area contributed by atoms with E-state index in [4.69, 9.17) is 15.2 Å². The van der Waals surface area contributed by atoms with Gasteiger partial charge in [0.25, 0.3) is 0 Å². The number of hydrogen-bond donors (Lipinski definition) is 2. The van der Waals surface area contributed by atoms with Crippen molar-refractivity contribution in [2.45, 2.75) is 37.8 Å². The first-order chi connectivity index (χ1) is 19.2.